The smallest absolute Gasteiger partial charge is 0.231 e. The van der Waals surface area contributed by atoms with Gasteiger partial charge in [0.15, 0.2) is 23.0 Å². The predicted molar refractivity (Wildman–Crippen MR) is 97.3 cm³/mol. The molecule has 2 aliphatic rings. The van der Waals surface area contributed by atoms with E-state index < -0.39 is 0 Å². The first-order valence-corrected chi connectivity index (χ1v) is 8.61. The molecule has 2 aromatic heterocycles. The van der Waals surface area contributed by atoms with Crippen molar-refractivity contribution in [1.82, 2.24) is 14.0 Å². The summed E-state index contributed by atoms with van der Waals surface area (Å²) in [4.78, 5) is 4.80. The highest BCUT2D eigenvalue weighted by Gasteiger charge is 2.19. The van der Waals surface area contributed by atoms with Crippen LogP contribution < -0.4 is 18.9 Å². The van der Waals surface area contributed by atoms with E-state index in [-0.39, 0.29) is 13.6 Å². The van der Waals surface area contributed by atoms with Crippen LogP contribution in [0, 0.1) is 0 Å². The standard InChI is InChI=1S/C20H15N3O4/c1-22-15(13-3-5-17-19(7-13)27-11-25-17)9-23-8-14(21-20(22)23)12-2-4-16-18(6-12)26-10-24-16/h2-9H,10-11H2,1H3. The summed E-state index contributed by atoms with van der Waals surface area (Å²) >= 11 is 0. The Morgan fingerprint density at radius 1 is 0.778 bits per heavy atom. The number of aromatic nitrogens is 3. The van der Waals surface area contributed by atoms with E-state index in [1.807, 2.05) is 54.0 Å². The summed E-state index contributed by atoms with van der Waals surface area (Å²) < 4.78 is 25.8. The number of hydrogen-bond donors (Lipinski definition) is 0. The third kappa shape index (κ3) is 2.11. The van der Waals surface area contributed by atoms with E-state index in [2.05, 4.69) is 10.8 Å². The van der Waals surface area contributed by atoms with Gasteiger partial charge in [-0.15, -0.1) is 0 Å². The highest BCUT2D eigenvalue weighted by Crippen LogP contribution is 2.38. The molecule has 0 fully saturated rings. The summed E-state index contributed by atoms with van der Waals surface area (Å²) in [5.41, 5.74) is 3.98. The number of ether oxygens (including phenoxy) is 4. The monoisotopic (exact) mass is 361 g/mol. The number of aryl methyl sites for hydroxylation is 1. The second kappa shape index (κ2) is 5.20. The summed E-state index contributed by atoms with van der Waals surface area (Å²) in [6.07, 6.45) is 4.08. The molecule has 0 amide bonds. The van der Waals surface area contributed by atoms with Crippen LogP contribution in [0.15, 0.2) is 48.8 Å². The molecule has 7 heteroatoms. The minimum absolute atomic E-state index is 0.267. The van der Waals surface area contributed by atoms with Gasteiger partial charge in [-0.3, -0.25) is 4.40 Å². The minimum Gasteiger partial charge on any atom is -0.454 e. The molecule has 27 heavy (non-hydrogen) atoms. The zero-order chi connectivity index (χ0) is 18.0. The first kappa shape index (κ1) is 14.5. The van der Waals surface area contributed by atoms with Crippen LogP contribution in [0.25, 0.3) is 28.3 Å². The topological polar surface area (TPSA) is 59.2 Å². The molecule has 0 radical (unpaired) electrons. The lowest BCUT2D eigenvalue weighted by Gasteiger charge is -2.04. The highest BCUT2D eigenvalue weighted by molar-refractivity contribution is 5.70. The van der Waals surface area contributed by atoms with Gasteiger partial charge in [-0.05, 0) is 36.4 Å². The summed E-state index contributed by atoms with van der Waals surface area (Å²) in [6.45, 7) is 0.539. The maximum absolute atomic E-state index is 5.49. The zero-order valence-corrected chi connectivity index (χ0v) is 14.5. The van der Waals surface area contributed by atoms with Crippen LogP contribution in [-0.2, 0) is 7.05 Å². The van der Waals surface area contributed by atoms with Gasteiger partial charge in [0.1, 0.15) is 0 Å². The fourth-order valence-electron chi connectivity index (χ4n) is 3.57. The van der Waals surface area contributed by atoms with E-state index >= 15 is 0 Å². The van der Waals surface area contributed by atoms with Crippen molar-refractivity contribution < 1.29 is 18.9 Å². The maximum Gasteiger partial charge on any atom is 0.231 e. The van der Waals surface area contributed by atoms with Crippen LogP contribution in [0.1, 0.15) is 0 Å². The van der Waals surface area contributed by atoms with Crippen LogP contribution in [0.3, 0.4) is 0 Å². The summed E-state index contributed by atoms with van der Waals surface area (Å²) in [6, 6.07) is 11.8. The van der Waals surface area contributed by atoms with Crippen molar-refractivity contribution in [3.8, 4) is 45.5 Å². The van der Waals surface area contributed by atoms with Gasteiger partial charge in [-0.25, -0.2) is 4.98 Å². The fraction of sp³-hybridized carbons (Fsp3) is 0.150. The molecule has 7 nitrogen and oxygen atoms in total. The van der Waals surface area contributed by atoms with Crippen LogP contribution in [0.2, 0.25) is 0 Å². The maximum atomic E-state index is 5.49. The van der Waals surface area contributed by atoms with Gasteiger partial charge in [0.05, 0.1) is 11.4 Å². The second-order valence-electron chi connectivity index (χ2n) is 6.54. The fourth-order valence-corrected chi connectivity index (χ4v) is 3.57. The molecule has 0 unspecified atom stereocenters. The van der Waals surface area contributed by atoms with Crippen molar-refractivity contribution in [2.45, 2.75) is 0 Å². The van der Waals surface area contributed by atoms with E-state index in [1.165, 1.54) is 0 Å². The molecule has 0 N–H and O–H groups in total. The Kier molecular flexibility index (Phi) is 2.80. The predicted octanol–water partition coefficient (Wildman–Crippen LogP) is 3.46. The number of nitrogens with zero attached hydrogens (tertiary/aromatic N) is 3. The molecule has 0 saturated carbocycles. The summed E-state index contributed by atoms with van der Waals surface area (Å²) in [7, 11) is 2.01. The van der Waals surface area contributed by atoms with Gasteiger partial charge in [-0.1, -0.05) is 0 Å². The molecule has 0 saturated heterocycles. The van der Waals surface area contributed by atoms with E-state index in [0.717, 1.165) is 51.3 Å². The van der Waals surface area contributed by atoms with Crippen molar-refractivity contribution in [3.05, 3.63) is 48.8 Å². The molecule has 2 aliphatic heterocycles. The molecule has 134 valence electrons. The van der Waals surface area contributed by atoms with E-state index in [9.17, 15) is 0 Å². The molecular weight excluding hydrogens is 346 g/mol. The third-order valence-electron chi connectivity index (χ3n) is 4.97. The van der Waals surface area contributed by atoms with Crippen LogP contribution in [-0.4, -0.2) is 27.5 Å². The number of rotatable bonds is 2. The summed E-state index contributed by atoms with van der Waals surface area (Å²) in [5, 5.41) is 0. The van der Waals surface area contributed by atoms with Crippen LogP contribution in [0.5, 0.6) is 23.0 Å². The van der Waals surface area contributed by atoms with Gasteiger partial charge in [-0.2, -0.15) is 0 Å². The van der Waals surface area contributed by atoms with Gasteiger partial charge >= 0.3 is 0 Å². The van der Waals surface area contributed by atoms with Crippen molar-refractivity contribution in [2.75, 3.05) is 13.6 Å². The lowest BCUT2D eigenvalue weighted by molar-refractivity contribution is 0.173. The van der Waals surface area contributed by atoms with E-state index in [1.54, 1.807) is 0 Å². The molecule has 0 atom stereocenters. The zero-order valence-electron chi connectivity index (χ0n) is 14.5. The normalized spacial score (nSPS) is 14.3. The van der Waals surface area contributed by atoms with Crippen molar-refractivity contribution in [1.29, 1.82) is 0 Å². The van der Waals surface area contributed by atoms with Gasteiger partial charge in [0.25, 0.3) is 0 Å². The van der Waals surface area contributed by atoms with Crippen LogP contribution in [0.4, 0.5) is 0 Å². The number of imidazole rings is 2. The average Bonchev–Trinajstić information content (AvgIpc) is 3.45. The number of benzene rings is 2. The van der Waals surface area contributed by atoms with E-state index in [0.29, 0.717) is 0 Å². The Bertz CT molecular complexity index is 1210. The lowest BCUT2D eigenvalue weighted by atomic mass is 10.1. The lowest BCUT2D eigenvalue weighted by Crippen LogP contribution is -1.93. The third-order valence-corrected chi connectivity index (χ3v) is 4.97. The van der Waals surface area contributed by atoms with Crippen molar-refractivity contribution in [2.24, 2.45) is 7.05 Å². The van der Waals surface area contributed by atoms with Gasteiger partial charge in [0.2, 0.25) is 19.4 Å². The average molecular weight is 361 g/mol. The number of fused-ring (bicyclic) bond motifs is 3. The molecule has 4 heterocycles. The molecule has 4 aromatic rings. The molecule has 2 aromatic carbocycles. The molecule has 0 spiro atoms. The Morgan fingerprint density at radius 2 is 1.41 bits per heavy atom. The largest absolute Gasteiger partial charge is 0.454 e. The quantitative estimate of drug-likeness (QED) is 0.547. The first-order valence-electron chi connectivity index (χ1n) is 8.61. The molecule has 0 bridgehead atoms. The minimum atomic E-state index is 0.267. The van der Waals surface area contributed by atoms with Crippen molar-refractivity contribution in [3.63, 3.8) is 0 Å². The SMILES string of the molecule is Cn1c(-c2ccc3c(c2)OCO3)cn2cc(-c3ccc4c(c3)OCO4)nc12. The van der Waals surface area contributed by atoms with Gasteiger partial charge < -0.3 is 23.5 Å². The van der Waals surface area contributed by atoms with E-state index in [4.69, 9.17) is 23.9 Å². The van der Waals surface area contributed by atoms with Gasteiger partial charge in [0, 0.05) is 30.6 Å². The Morgan fingerprint density at radius 3 is 2.11 bits per heavy atom. The summed E-state index contributed by atoms with van der Waals surface area (Å²) in [5.74, 6) is 3.93. The van der Waals surface area contributed by atoms with Crippen molar-refractivity contribution >= 4 is 5.78 Å². The molecular formula is C20H15N3O4. The Hall–Kier alpha value is -3.61. The molecule has 6 rings (SSSR count). The second-order valence-corrected chi connectivity index (χ2v) is 6.54. The van der Waals surface area contributed by atoms with Crippen LogP contribution >= 0.6 is 0 Å². The Labute approximate surface area is 154 Å². The molecule has 0 aliphatic carbocycles. The number of hydrogen-bond acceptors (Lipinski definition) is 5. The first-order chi connectivity index (χ1) is 13.3. The highest BCUT2D eigenvalue weighted by atomic mass is 16.7. The Balaban J connectivity index is 1.42.